The van der Waals surface area contributed by atoms with Crippen LogP contribution in [-0.4, -0.2) is 10.2 Å². The Kier molecular flexibility index (Phi) is 3.84. The molecule has 0 fully saturated rings. The van der Waals surface area contributed by atoms with Crippen molar-refractivity contribution in [2.75, 3.05) is 0 Å². The van der Waals surface area contributed by atoms with Crippen LogP contribution >= 0.6 is 0 Å². The minimum atomic E-state index is 0.110. The number of hydrogen-bond donors (Lipinski definition) is 2. The van der Waals surface area contributed by atoms with Crippen LogP contribution in [0.25, 0.3) is 11.1 Å². The first-order valence-corrected chi connectivity index (χ1v) is 7.33. The Hall–Kier alpha value is -2.74. The minimum absolute atomic E-state index is 0.110. The van der Waals surface area contributed by atoms with Crippen molar-refractivity contribution in [3.63, 3.8) is 0 Å². The largest absolute Gasteiger partial charge is 0.508 e. The van der Waals surface area contributed by atoms with Crippen molar-refractivity contribution in [3.05, 3.63) is 83.9 Å². The Balaban J connectivity index is 2.04. The molecule has 0 amide bonds. The summed E-state index contributed by atoms with van der Waals surface area (Å²) in [5, 5.41) is 20.1. The Morgan fingerprint density at radius 1 is 0.727 bits per heavy atom. The van der Waals surface area contributed by atoms with Crippen LogP contribution in [0, 0.1) is 0 Å². The molecule has 0 heterocycles. The van der Waals surface area contributed by atoms with Crippen LogP contribution in [0.5, 0.6) is 11.5 Å². The molecule has 2 N–H and O–H groups in total. The van der Waals surface area contributed by atoms with Gasteiger partial charge >= 0.3 is 0 Å². The van der Waals surface area contributed by atoms with Gasteiger partial charge in [0.2, 0.25) is 0 Å². The molecular weight excluding hydrogens is 272 g/mol. The molecular formula is C20H18O2. The van der Waals surface area contributed by atoms with Crippen molar-refractivity contribution < 1.29 is 10.2 Å². The third kappa shape index (κ3) is 2.68. The first-order valence-electron chi connectivity index (χ1n) is 7.33. The maximum Gasteiger partial charge on any atom is 0.127 e. The number of phenols is 2. The van der Waals surface area contributed by atoms with Gasteiger partial charge in [0.25, 0.3) is 0 Å². The van der Waals surface area contributed by atoms with E-state index in [1.165, 1.54) is 5.56 Å². The number of aromatic hydroxyl groups is 2. The van der Waals surface area contributed by atoms with E-state index in [1.807, 2.05) is 36.4 Å². The third-order valence-corrected chi connectivity index (χ3v) is 4.01. The number of phenolic OH excluding ortho intramolecular Hbond substituents is 2. The Morgan fingerprint density at radius 3 is 2.09 bits per heavy atom. The van der Waals surface area contributed by atoms with Gasteiger partial charge in [-0.05, 0) is 23.3 Å². The topological polar surface area (TPSA) is 40.5 Å². The van der Waals surface area contributed by atoms with E-state index in [0.29, 0.717) is 5.75 Å². The summed E-state index contributed by atoms with van der Waals surface area (Å²) >= 11 is 0. The number of para-hydroxylation sites is 1. The van der Waals surface area contributed by atoms with Gasteiger partial charge in [-0.2, -0.15) is 0 Å². The van der Waals surface area contributed by atoms with Crippen molar-refractivity contribution >= 4 is 0 Å². The molecule has 3 aromatic rings. The Bertz CT molecular complexity index is 761. The smallest absolute Gasteiger partial charge is 0.127 e. The highest BCUT2D eigenvalue weighted by Crippen LogP contribution is 2.38. The summed E-state index contributed by atoms with van der Waals surface area (Å²) in [5.74, 6) is 0.625. The zero-order valence-electron chi connectivity index (χ0n) is 12.4. The first-order chi connectivity index (χ1) is 10.7. The lowest BCUT2D eigenvalue weighted by molar-refractivity contribution is 0.467. The summed E-state index contributed by atoms with van der Waals surface area (Å²) in [6, 6.07) is 22.8. The van der Waals surface area contributed by atoms with E-state index in [4.69, 9.17) is 0 Å². The summed E-state index contributed by atoms with van der Waals surface area (Å²) < 4.78 is 0. The van der Waals surface area contributed by atoms with Gasteiger partial charge in [0, 0.05) is 17.0 Å². The van der Waals surface area contributed by atoms with Crippen LogP contribution in [0.1, 0.15) is 24.0 Å². The van der Waals surface area contributed by atoms with E-state index in [0.717, 1.165) is 16.7 Å². The minimum Gasteiger partial charge on any atom is -0.508 e. The lowest BCUT2D eigenvalue weighted by atomic mass is 9.90. The van der Waals surface area contributed by atoms with Gasteiger partial charge in [-0.1, -0.05) is 67.6 Å². The van der Waals surface area contributed by atoms with Crippen molar-refractivity contribution in [1.82, 2.24) is 0 Å². The number of hydrogen-bond acceptors (Lipinski definition) is 2. The molecule has 0 saturated heterocycles. The monoisotopic (exact) mass is 290 g/mol. The molecule has 3 aromatic carbocycles. The molecule has 0 aliphatic rings. The van der Waals surface area contributed by atoms with E-state index in [9.17, 15) is 10.2 Å². The number of rotatable bonds is 3. The highest BCUT2D eigenvalue weighted by molar-refractivity contribution is 5.72. The molecule has 0 aromatic heterocycles. The molecule has 1 unspecified atom stereocenters. The molecule has 0 saturated carbocycles. The van der Waals surface area contributed by atoms with Crippen LogP contribution in [-0.2, 0) is 0 Å². The summed E-state index contributed by atoms with van der Waals surface area (Å²) in [7, 11) is 0. The highest BCUT2D eigenvalue weighted by atomic mass is 16.3. The fraction of sp³-hybridized carbons (Fsp3) is 0.100. The molecule has 22 heavy (non-hydrogen) atoms. The van der Waals surface area contributed by atoms with Crippen molar-refractivity contribution in [3.8, 4) is 22.6 Å². The van der Waals surface area contributed by atoms with E-state index < -0.39 is 0 Å². The summed E-state index contributed by atoms with van der Waals surface area (Å²) in [6.45, 7) is 2.09. The summed E-state index contributed by atoms with van der Waals surface area (Å²) in [6.07, 6.45) is 0. The average Bonchev–Trinajstić information content (AvgIpc) is 2.56. The van der Waals surface area contributed by atoms with Gasteiger partial charge in [0.15, 0.2) is 0 Å². The molecule has 3 rings (SSSR count). The molecule has 0 aliphatic heterocycles. The van der Waals surface area contributed by atoms with Crippen LogP contribution in [0.4, 0.5) is 0 Å². The van der Waals surface area contributed by atoms with Crippen LogP contribution in [0.2, 0.25) is 0 Å². The van der Waals surface area contributed by atoms with Gasteiger partial charge in [-0.3, -0.25) is 0 Å². The maximum atomic E-state index is 10.7. The third-order valence-electron chi connectivity index (χ3n) is 4.01. The van der Waals surface area contributed by atoms with Gasteiger partial charge in [0.1, 0.15) is 11.5 Å². The lowest BCUT2D eigenvalue weighted by Crippen LogP contribution is -1.97. The quantitative estimate of drug-likeness (QED) is 0.719. The number of benzene rings is 3. The van der Waals surface area contributed by atoms with E-state index in [1.54, 1.807) is 24.3 Å². The standard InChI is InChI=1S/C20H18O2/c1-14(15-6-3-2-4-7-15)18-8-5-9-19(20(18)22)16-10-12-17(21)13-11-16/h2-14,21-22H,1H3. The van der Waals surface area contributed by atoms with Gasteiger partial charge in [-0.25, -0.2) is 0 Å². The molecule has 0 bridgehead atoms. The molecule has 2 heteroatoms. The van der Waals surface area contributed by atoms with E-state index in [2.05, 4.69) is 19.1 Å². The lowest BCUT2D eigenvalue weighted by Gasteiger charge is -2.16. The SMILES string of the molecule is CC(c1ccccc1)c1cccc(-c2ccc(O)cc2)c1O. The van der Waals surface area contributed by atoms with Crippen molar-refractivity contribution in [1.29, 1.82) is 0 Å². The van der Waals surface area contributed by atoms with Crippen LogP contribution < -0.4 is 0 Å². The predicted molar refractivity (Wildman–Crippen MR) is 89.2 cm³/mol. The highest BCUT2D eigenvalue weighted by Gasteiger charge is 2.15. The predicted octanol–water partition coefficient (Wildman–Crippen LogP) is 4.92. The zero-order chi connectivity index (χ0) is 15.5. The fourth-order valence-corrected chi connectivity index (χ4v) is 2.71. The molecule has 110 valence electrons. The average molecular weight is 290 g/mol. The molecule has 2 nitrogen and oxygen atoms in total. The molecule has 0 spiro atoms. The zero-order valence-corrected chi connectivity index (χ0v) is 12.4. The Labute approximate surface area is 130 Å². The summed E-state index contributed by atoms with van der Waals surface area (Å²) in [4.78, 5) is 0. The summed E-state index contributed by atoms with van der Waals surface area (Å²) in [5.41, 5.74) is 3.73. The van der Waals surface area contributed by atoms with Crippen molar-refractivity contribution in [2.24, 2.45) is 0 Å². The molecule has 1 atom stereocenters. The first kappa shape index (κ1) is 14.2. The maximum absolute atomic E-state index is 10.7. The Morgan fingerprint density at radius 2 is 1.41 bits per heavy atom. The van der Waals surface area contributed by atoms with Crippen molar-refractivity contribution in [2.45, 2.75) is 12.8 Å². The van der Waals surface area contributed by atoms with E-state index >= 15 is 0 Å². The normalized spacial score (nSPS) is 12.0. The van der Waals surface area contributed by atoms with Gasteiger partial charge < -0.3 is 10.2 Å². The van der Waals surface area contributed by atoms with E-state index in [-0.39, 0.29) is 11.7 Å². The van der Waals surface area contributed by atoms with Crippen LogP contribution in [0.3, 0.4) is 0 Å². The second kappa shape index (κ2) is 5.94. The molecule has 0 aliphatic carbocycles. The van der Waals surface area contributed by atoms with Gasteiger partial charge in [-0.15, -0.1) is 0 Å². The molecule has 0 radical (unpaired) electrons. The van der Waals surface area contributed by atoms with Crippen LogP contribution in [0.15, 0.2) is 72.8 Å². The second-order valence-corrected chi connectivity index (χ2v) is 5.42. The second-order valence-electron chi connectivity index (χ2n) is 5.42. The fourth-order valence-electron chi connectivity index (χ4n) is 2.71. The van der Waals surface area contributed by atoms with Gasteiger partial charge in [0.05, 0.1) is 0 Å².